The Balaban J connectivity index is 4.04. The van der Waals surface area contributed by atoms with Crippen LogP contribution >= 0.6 is 25.3 Å². The summed E-state index contributed by atoms with van der Waals surface area (Å²) in [5.74, 6) is 2.05. The van der Waals surface area contributed by atoms with Gasteiger partial charge in [0, 0.05) is 0 Å². The van der Waals surface area contributed by atoms with Gasteiger partial charge < -0.3 is 4.65 Å². The van der Waals surface area contributed by atoms with Crippen molar-refractivity contribution in [2.45, 2.75) is 51.1 Å². The minimum Gasteiger partial charge on any atom is -0.359 e. The average molecular weight is 282 g/mol. The number of thiol groups is 2. The van der Waals surface area contributed by atoms with Crippen molar-refractivity contribution in [3.63, 3.8) is 0 Å². The predicted octanol–water partition coefficient (Wildman–Crippen LogP) is 3.63. The molecule has 5 heteroatoms. The maximum Gasteiger partial charge on any atom is 0.112 e. The molecule has 0 radical (unpaired) electrons. The van der Waals surface area contributed by atoms with E-state index in [1.165, 1.54) is 24.9 Å². The molecule has 92 valence electrons. The molecule has 0 heterocycles. The standard InChI is InChI=1S/C10H27NS2Si2/c1-14(2,9-5-7-12)11-15(3,4)10-6-8-13/h11-13H,5-10H2,1-4H3. The van der Waals surface area contributed by atoms with Gasteiger partial charge in [0.25, 0.3) is 0 Å². The van der Waals surface area contributed by atoms with Crippen LogP contribution in [0.25, 0.3) is 0 Å². The Kier molecular flexibility index (Phi) is 7.97. The Morgan fingerprint density at radius 2 is 1.13 bits per heavy atom. The van der Waals surface area contributed by atoms with E-state index in [9.17, 15) is 0 Å². The average Bonchev–Trinajstić information content (AvgIpc) is 2.10. The van der Waals surface area contributed by atoms with Gasteiger partial charge in [0.15, 0.2) is 0 Å². The van der Waals surface area contributed by atoms with Gasteiger partial charge >= 0.3 is 0 Å². The lowest BCUT2D eigenvalue weighted by atomic mass is 10.6. The summed E-state index contributed by atoms with van der Waals surface area (Å²) in [6.45, 7) is 9.80. The fourth-order valence-electron chi connectivity index (χ4n) is 2.08. The van der Waals surface area contributed by atoms with E-state index in [-0.39, 0.29) is 0 Å². The van der Waals surface area contributed by atoms with Gasteiger partial charge in [0.1, 0.15) is 16.5 Å². The highest BCUT2D eigenvalue weighted by atomic mass is 32.1. The molecule has 0 aliphatic carbocycles. The Morgan fingerprint density at radius 1 is 0.800 bits per heavy atom. The first-order valence-corrected chi connectivity index (χ1v) is 13.5. The van der Waals surface area contributed by atoms with Crippen molar-refractivity contribution in [3.05, 3.63) is 0 Å². The van der Waals surface area contributed by atoms with E-state index in [0.717, 1.165) is 11.5 Å². The molecular weight excluding hydrogens is 254 g/mol. The van der Waals surface area contributed by atoms with E-state index in [2.05, 4.69) is 56.1 Å². The fourth-order valence-corrected chi connectivity index (χ4v) is 13.4. The van der Waals surface area contributed by atoms with Gasteiger partial charge in [-0.05, 0) is 36.4 Å². The zero-order valence-electron chi connectivity index (χ0n) is 10.6. The van der Waals surface area contributed by atoms with E-state index in [0.29, 0.717) is 0 Å². The summed E-state index contributed by atoms with van der Waals surface area (Å²) in [7, 11) is -2.34. The molecule has 0 spiro atoms. The molecule has 1 nitrogen and oxygen atoms in total. The van der Waals surface area contributed by atoms with Gasteiger partial charge in [0.05, 0.1) is 0 Å². The summed E-state index contributed by atoms with van der Waals surface area (Å²) in [6.07, 6.45) is 2.51. The Bertz CT molecular complexity index is 157. The third-order valence-corrected chi connectivity index (χ3v) is 11.9. The van der Waals surface area contributed by atoms with Crippen LogP contribution in [0.15, 0.2) is 0 Å². The molecule has 1 N–H and O–H groups in total. The summed E-state index contributed by atoms with van der Waals surface area (Å²) in [5.41, 5.74) is 0. The van der Waals surface area contributed by atoms with E-state index >= 15 is 0 Å². The Morgan fingerprint density at radius 3 is 1.40 bits per heavy atom. The highest BCUT2D eigenvalue weighted by Gasteiger charge is 2.29. The van der Waals surface area contributed by atoms with Crippen LogP contribution in [0.2, 0.25) is 38.3 Å². The minimum absolute atomic E-state index is 1.02. The van der Waals surface area contributed by atoms with Crippen molar-refractivity contribution in [2.24, 2.45) is 0 Å². The molecule has 0 atom stereocenters. The van der Waals surface area contributed by atoms with Crippen LogP contribution in [0, 0.1) is 0 Å². The lowest BCUT2D eigenvalue weighted by molar-refractivity contribution is 1.01. The van der Waals surface area contributed by atoms with Gasteiger partial charge in [-0.25, -0.2) is 0 Å². The number of rotatable bonds is 8. The van der Waals surface area contributed by atoms with Crippen LogP contribution in [0.4, 0.5) is 0 Å². The number of nitrogens with one attached hydrogen (secondary N) is 1. The molecule has 0 aliphatic heterocycles. The normalized spacial score (nSPS) is 13.2. The van der Waals surface area contributed by atoms with Gasteiger partial charge in [-0.3, -0.25) is 0 Å². The lowest BCUT2D eigenvalue weighted by Gasteiger charge is -2.34. The van der Waals surface area contributed by atoms with Crippen LogP contribution in [0.3, 0.4) is 0 Å². The third-order valence-electron chi connectivity index (χ3n) is 2.60. The van der Waals surface area contributed by atoms with E-state index < -0.39 is 16.5 Å². The van der Waals surface area contributed by atoms with Gasteiger partial charge in [-0.1, -0.05) is 26.2 Å². The topological polar surface area (TPSA) is 12.0 Å². The molecule has 0 aromatic heterocycles. The highest BCUT2D eigenvalue weighted by Crippen LogP contribution is 2.17. The van der Waals surface area contributed by atoms with Crippen molar-refractivity contribution in [2.75, 3.05) is 11.5 Å². The molecule has 0 saturated heterocycles. The van der Waals surface area contributed by atoms with Gasteiger partial charge in [-0.15, -0.1) is 0 Å². The summed E-state index contributed by atoms with van der Waals surface area (Å²) in [4.78, 5) is 0. The molecule has 0 aromatic carbocycles. The fraction of sp³-hybridized carbons (Fsp3) is 1.00. The monoisotopic (exact) mass is 281 g/mol. The molecule has 0 aromatic rings. The lowest BCUT2D eigenvalue weighted by Crippen LogP contribution is -2.58. The van der Waals surface area contributed by atoms with Crippen molar-refractivity contribution < 1.29 is 0 Å². The van der Waals surface area contributed by atoms with Crippen molar-refractivity contribution in [3.8, 4) is 0 Å². The largest absolute Gasteiger partial charge is 0.359 e. The third kappa shape index (κ3) is 8.86. The van der Waals surface area contributed by atoms with Crippen LogP contribution in [0.1, 0.15) is 12.8 Å². The quantitative estimate of drug-likeness (QED) is 0.456. The first-order valence-electron chi connectivity index (χ1n) is 5.84. The molecule has 0 aliphatic rings. The first-order chi connectivity index (χ1) is 6.83. The molecule has 0 unspecified atom stereocenters. The van der Waals surface area contributed by atoms with Gasteiger partial charge in [0.2, 0.25) is 0 Å². The predicted molar refractivity (Wildman–Crippen MR) is 84.7 cm³/mol. The van der Waals surface area contributed by atoms with Crippen LogP contribution in [-0.4, -0.2) is 28.0 Å². The van der Waals surface area contributed by atoms with Crippen molar-refractivity contribution in [1.82, 2.24) is 4.65 Å². The first kappa shape index (κ1) is 16.1. The van der Waals surface area contributed by atoms with Crippen LogP contribution in [-0.2, 0) is 0 Å². The number of hydrogen-bond donors (Lipinski definition) is 3. The van der Waals surface area contributed by atoms with Crippen molar-refractivity contribution in [1.29, 1.82) is 0 Å². The molecule has 15 heavy (non-hydrogen) atoms. The molecule has 0 fully saturated rings. The zero-order chi connectivity index (χ0) is 11.9. The van der Waals surface area contributed by atoms with Gasteiger partial charge in [-0.2, -0.15) is 25.3 Å². The SMILES string of the molecule is C[Si](C)(CCCS)N[Si](C)(C)CCCS. The second-order valence-electron chi connectivity index (χ2n) is 5.55. The van der Waals surface area contributed by atoms with Crippen LogP contribution in [0.5, 0.6) is 0 Å². The smallest absolute Gasteiger partial charge is 0.112 e. The maximum atomic E-state index is 4.30. The van der Waals surface area contributed by atoms with E-state index in [4.69, 9.17) is 0 Å². The highest BCUT2D eigenvalue weighted by molar-refractivity contribution is 7.80. The van der Waals surface area contributed by atoms with E-state index in [1.807, 2.05) is 0 Å². The van der Waals surface area contributed by atoms with Crippen LogP contribution < -0.4 is 4.65 Å². The summed E-state index contributed by atoms with van der Waals surface area (Å²) in [5, 5.41) is 0. The molecular formula is C10H27NS2Si2. The van der Waals surface area contributed by atoms with Crippen molar-refractivity contribution >= 4 is 41.7 Å². The summed E-state index contributed by atoms with van der Waals surface area (Å²) in [6, 6.07) is 2.71. The summed E-state index contributed by atoms with van der Waals surface area (Å²) >= 11 is 8.59. The Labute approximate surface area is 109 Å². The Hall–Kier alpha value is 1.09. The zero-order valence-corrected chi connectivity index (χ0v) is 14.4. The second-order valence-corrected chi connectivity index (χ2v) is 16.0. The molecule has 0 rings (SSSR count). The second kappa shape index (κ2) is 7.43. The summed E-state index contributed by atoms with van der Waals surface area (Å²) < 4.78 is 4.01. The molecule has 0 amide bonds. The van der Waals surface area contributed by atoms with E-state index in [1.54, 1.807) is 0 Å². The number of hydrogen-bond acceptors (Lipinski definition) is 3. The minimum atomic E-state index is -1.17. The molecule has 0 bridgehead atoms. The maximum absolute atomic E-state index is 4.30. The molecule has 0 saturated carbocycles.